The van der Waals surface area contributed by atoms with Crippen molar-refractivity contribution in [1.29, 1.82) is 0 Å². The van der Waals surface area contributed by atoms with E-state index in [-0.39, 0.29) is 5.75 Å². The largest absolute Gasteiger partial charge is 0.508 e. The number of phenolic OH excluding ortho intramolecular Hbond substituents is 1. The average Bonchev–Trinajstić information content (AvgIpc) is 2.43. The van der Waals surface area contributed by atoms with Crippen LogP contribution in [0.15, 0.2) is 48.5 Å². The van der Waals surface area contributed by atoms with Crippen LogP contribution < -0.4 is 5.32 Å². The number of imide groups is 1. The molecule has 0 bridgehead atoms. The van der Waals surface area contributed by atoms with Crippen LogP contribution >= 0.6 is 0 Å². The number of hydrogen-bond acceptors (Lipinski definition) is 3. The van der Waals surface area contributed by atoms with Gasteiger partial charge in [-0.2, -0.15) is 0 Å². The summed E-state index contributed by atoms with van der Waals surface area (Å²) in [6.07, 6.45) is 1.65. The first-order chi connectivity index (χ1) is 9.65. The third-order valence-corrected chi connectivity index (χ3v) is 3.11. The number of carbonyl (C=O) groups is 2. The number of rotatable bonds is 1. The van der Waals surface area contributed by atoms with Gasteiger partial charge in [-0.25, -0.2) is 0 Å². The molecule has 1 aliphatic heterocycles. The van der Waals surface area contributed by atoms with Gasteiger partial charge in [-0.05, 0) is 35.4 Å². The van der Waals surface area contributed by atoms with Crippen LogP contribution in [0, 0.1) is 0 Å². The van der Waals surface area contributed by atoms with E-state index in [1.807, 2.05) is 0 Å². The molecule has 0 atom stereocenters. The molecule has 20 heavy (non-hydrogen) atoms. The Morgan fingerprint density at radius 3 is 2.40 bits per heavy atom. The summed E-state index contributed by atoms with van der Waals surface area (Å²) in [4.78, 5) is 23.7. The van der Waals surface area contributed by atoms with Gasteiger partial charge in [-0.15, -0.1) is 0 Å². The van der Waals surface area contributed by atoms with Crippen LogP contribution in [0.3, 0.4) is 0 Å². The molecule has 2 aromatic rings. The van der Waals surface area contributed by atoms with Gasteiger partial charge in [0.1, 0.15) is 5.75 Å². The number of amides is 2. The molecule has 3 rings (SSSR count). The van der Waals surface area contributed by atoms with Gasteiger partial charge in [-0.1, -0.05) is 30.3 Å². The van der Waals surface area contributed by atoms with Gasteiger partial charge in [-0.3, -0.25) is 14.9 Å². The van der Waals surface area contributed by atoms with Crippen LogP contribution in [0.4, 0.5) is 0 Å². The van der Waals surface area contributed by atoms with E-state index in [2.05, 4.69) is 5.32 Å². The molecule has 0 unspecified atom stereocenters. The van der Waals surface area contributed by atoms with Crippen molar-refractivity contribution in [3.05, 3.63) is 65.2 Å². The SMILES string of the molecule is O=C1NC(=O)c2ccccc2/C1=C/c1cccc(O)c1. The van der Waals surface area contributed by atoms with Gasteiger partial charge in [0, 0.05) is 11.1 Å². The van der Waals surface area contributed by atoms with Crippen LogP contribution in [0.5, 0.6) is 5.75 Å². The second-order valence-electron chi connectivity index (χ2n) is 4.48. The molecule has 2 amide bonds. The molecule has 4 nitrogen and oxygen atoms in total. The fraction of sp³-hybridized carbons (Fsp3) is 0. The van der Waals surface area contributed by atoms with Crippen molar-refractivity contribution in [2.24, 2.45) is 0 Å². The maximum absolute atomic E-state index is 12.0. The Morgan fingerprint density at radius 2 is 1.65 bits per heavy atom. The molecular weight excluding hydrogens is 254 g/mol. The zero-order chi connectivity index (χ0) is 14.1. The Hall–Kier alpha value is -2.88. The molecule has 4 heteroatoms. The number of benzene rings is 2. The van der Waals surface area contributed by atoms with Gasteiger partial charge in [0.2, 0.25) is 0 Å². The summed E-state index contributed by atoms with van der Waals surface area (Å²) >= 11 is 0. The van der Waals surface area contributed by atoms with Crippen LogP contribution in [0.1, 0.15) is 21.5 Å². The zero-order valence-electron chi connectivity index (χ0n) is 10.5. The van der Waals surface area contributed by atoms with Gasteiger partial charge in [0.05, 0.1) is 0 Å². The molecule has 0 spiro atoms. The second-order valence-corrected chi connectivity index (χ2v) is 4.48. The lowest BCUT2D eigenvalue weighted by Crippen LogP contribution is -2.36. The first-order valence-corrected chi connectivity index (χ1v) is 6.11. The maximum atomic E-state index is 12.0. The molecule has 1 heterocycles. The molecule has 0 saturated heterocycles. The van der Waals surface area contributed by atoms with E-state index in [1.165, 1.54) is 0 Å². The quantitative estimate of drug-likeness (QED) is 0.613. The van der Waals surface area contributed by atoms with Crippen molar-refractivity contribution in [2.75, 3.05) is 0 Å². The minimum absolute atomic E-state index is 0.125. The summed E-state index contributed by atoms with van der Waals surface area (Å²) in [5.74, 6) is -0.698. The lowest BCUT2D eigenvalue weighted by Gasteiger charge is -2.18. The highest BCUT2D eigenvalue weighted by Gasteiger charge is 2.26. The van der Waals surface area contributed by atoms with Crippen LogP contribution in [0.2, 0.25) is 0 Å². The van der Waals surface area contributed by atoms with Gasteiger partial charge in [0.25, 0.3) is 11.8 Å². The highest BCUT2D eigenvalue weighted by atomic mass is 16.3. The summed E-state index contributed by atoms with van der Waals surface area (Å²) < 4.78 is 0. The summed E-state index contributed by atoms with van der Waals surface area (Å²) in [6, 6.07) is 13.5. The van der Waals surface area contributed by atoms with Gasteiger partial charge < -0.3 is 5.11 Å². The minimum atomic E-state index is -0.433. The Balaban J connectivity index is 2.16. The smallest absolute Gasteiger partial charge is 0.258 e. The minimum Gasteiger partial charge on any atom is -0.508 e. The summed E-state index contributed by atoms with van der Waals surface area (Å²) in [7, 11) is 0. The predicted molar refractivity (Wildman–Crippen MR) is 74.9 cm³/mol. The number of fused-ring (bicyclic) bond motifs is 1. The van der Waals surface area contributed by atoms with E-state index in [1.54, 1.807) is 54.6 Å². The van der Waals surface area contributed by atoms with E-state index in [0.717, 1.165) is 0 Å². The monoisotopic (exact) mass is 265 g/mol. The molecule has 1 aliphatic rings. The van der Waals surface area contributed by atoms with Crippen molar-refractivity contribution in [3.8, 4) is 5.75 Å². The second kappa shape index (κ2) is 4.66. The summed E-state index contributed by atoms with van der Waals surface area (Å²) in [6.45, 7) is 0. The first kappa shape index (κ1) is 12.2. The molecule has 2 N–H and O–H groups in total. The predicted octanol–water partition coefficient (Wildman–Crippen LogP) is 2.20. The van der Waals surface area contributed by atoms with Gasteiger partial charge in [0.15, 0.2) is 0 Å². The van der Waals surface area contributed by atoms with Crippen LogP contribution in [-0.2, 0) is 4.79 Å². The summed E-state index contributed by atoms with van der Waals surface area (Å²) in [5.41, 5.74) is 2.17. The molecule has 0 aliphatic carbocycles. The molecule has 0 fully saturated rings. The third kappa shape index (κ3) is 2.07. The van der Waals surface area contributed by atoms with E-state index in [0.29, 0.717) is 22.3 Å². The molecule has 0 saturated carbocycles. The fourth-order valence-corrected chi connectivity index (χ4v) is 2.20. The molecular formula is C16H11NO3. The lowest BCUT2D eigenvalue weighted by molar-refractivity contribution is -0.114. The number of aromatic hydroxyl groups is 1. The number of carbonyl (C=O) groups excluding carboxylic acids is 2. The molecule has 98 valence electrons. The van der Waals surface area contributed by atoms with Crippen LogP contribution in [-0.4, -0.2) is 16.9 Å². The third-order valence-electron chi connectivity index (χ3n) is 3.11. The summed E-state index contributed by atoms with van der Waals surface area (Å²) in [5, 5.41) is 11.8. The lowest BCUT2D eigenvalue weighted by atomic mass is 9.93. The zero-order valence-corrected chi connectivity index (χ0v) is 10.5. The Labute approximate surface area is 115 Å². The fourth-order valence-electron chi connectivity index (χ4n) is 2.20. The van der Waals surface area contributed by atoms with Crippen molar-refractivity contribution in [2.45, 2.75) is 0 Å². The Morgan fingerprint density at radius 1 is 0.900 bits per heavy atom. The van der Waals surface area contributed by atoms with Crippen LogP contribution in [0.25, 0.3) is 11.6 Å². The van der Waals surface area contributed by atoms with E-state index in [9.17, 15) is 14.7 Å². The molecule has 0 aromatic heterocycles. The maximum Gasteiger partial charge on any atom is 0.258 e. The highest BCUT2D eigenvalue weighted by molar-refractivity contribution is 6.33. The first-order valence-electron chi connectivity index (χ1n) is 6.11. The van der Waals surface area contributed by atoms with Crippen molar-refractivity contribution in [1.82, 2.24) is 5.32 Å². The number of phenols is 1. The van der Waals surface area contributed by atoms with E-state index < -0.39 is 11.8 Å². The number of hydrogen-bond donors (Lipinski definition) is 2. The van der Waals surface area contributed by atoms with Gasteiger partial charge >= 0.3 is 0 Å². The van der Waals surface area contributed by atoms with E-state index in [4.69, 9.17) is 0 Å². The normalized spacial score (nSPS) is 15.9. The Bertz CT molecular complexity index is 747. The van der Waals surface area contributed by atoms with Crippen molar-refractivity contribution < 1.29 is 14.7 Å². The topological polar surface area (TPSA) is 66.4 Å². The standard InChI is InChI=1S/C16H11NO3/c18-11-5-3-4-10(8-11)9-14-12-6-1-2-7-13(12)15(19)17-16(14)20/h1-9,18H,(H,17,19,20)/b14-9-. The average molecular weight is 265 g/mol. The highest BCUT2D eigenvalue weighted by Crippen LogP contribution is 2.26. The number of nitrogens with one attached hydrogen (secondary N) is 1. The van der Waals surface area contributed by atoms with Crippen molar-refractivity contribution >= 4 is 23.5 Å². The van der Waals surface area contributed by atoms with E-state index >= 15 is 0 Å². The molecule has 0 radical (unpaired) electrons. The Kier molecular flexibility index (Phi) is 2.84. The molecule has 2 aromatic carbocycles. The van der Waals surface area contributed by atoms with Crippen molar-refractivity contribution in [3.63, 3.8) is 0 Å².